The van der Waals surface area contributed by atoms with Gasteiger partial charge in [0.05, 0.1) is 17.6 Å². The molecule has 1 amide bonds. The zero-order valence-electron chi connectivity index (χ0n) is 10.6. The average Bonchev–Trinajstić information content (AvgIpc) is 2.91. The van der Waals surface area contributed by atoms with Gasteiger partial charge < -0.3 is 15.3 Å². The van der Waals surface area contributed by atoms with Gasteiger partial charge in [-0.1, -0.05) is 0 Å². The lowest BCUT2D eigenvalue weighted by Crippen LogP contribution is -2.28. The summed E-state index contributed by atoms with van der Waals surface area (Å²) in [6.07, 6.45) is 6.75. The number of nitrogens with one attached hydrogen (secondary N) is 2. The third kappa shape index (κ3) is 3.29. The molecule has 0 saturated heterocycles. The van der Waals surface area contributed by atoms with E-state index in [4.69, 9.17) is 5.84 Å². The SMILES string of the molecule is Cc1cc(NN)c(C(=O)NCCn2ccnc2)cn1. The number of nitrogen functional groups attached to an aromatic ring is 1. The van der Waals surface area contributed by atoms with Gasteiger partial charge in [0, 0.05) is 37.4 Å². The number of rotatable bonds is 5. The second kappa shape index (κ2) is 5.96. The van der Waals surface area contributed by atoms with Crippen molar-refractivity contribution < 1.29 is 4.79 Å². The summed E-state index contributed by atoms with van der Waals surface area (Å²) in [5, 5.41) is 2.81. The van der Waals surface area contributed by atoms with Gasteiger partial charge in [-0.2, -0.15) is 0 Å². The quantitative estimate of drug-likeness (QED) is 0.530. The topological polar surface area (TPSA) is 97.9 Å². The number of hydrazine groups is 1. The Hall–Kier alpha value is -2.41. The number of nitrogens with two attached hydrogens (primary N) is 1. The Labute approximate surface area is 110 Å². The Bertz CT molecular complexity index is 551. The van der Waals surface area contributed by atoms with E-state index in [1.165, 1.54) is 6.20 Å². The van der Waals surface area contributed by atoms with Crippen LogP contribution in [0.25, 0.3) is 0 Å². The average molecular weight is 260 g/mol. The first kappa shape index (κ1) is 13.0. The highest BCUT2D eigenvalue weighted by Gasteiger charge is 2.11. The molecule has 0 aliphatic carbocycles. The summed E-state index contributed by atoms with van der Waals surface area (Å²) in [5.41, 5.74) is 4.29. The molecule has 0 fully saturated rings. The van der Waals surface area contributed by atoms with E-state index in [9.17, 15) is 4.79 Å². The van der Waals surface area contributed by atoms with Crippen LogP contribution in [0.15, 0.2) is 31.0 Å². The molecule has 0 unspecified atom stereocenters. The number of aryl methyl sites for hydroxylation is 1. The first-order chi connectivity index (χ1) is 9.20. The van der Waals surface area contributed by atoms with Crippen molar-refractivity contribution in [2.24, 2.45) is 5.84 Å². The van der Waals surface area contributed by atoms with Crippen LogP contribution in [0.5, 0.6) is 0 Å². The molecule has 0 aliphatic rings. The van der Waals surface area contributed by atoms with Crippen molar-refractivity contribution in [3.05, 3.63) is 42.2 Å². The zero-order chi connectivity index (χ0) is 13.7. The number of carbonyl (C=O) groups excluding carboxylic acids is 1. The smallest absolute Gasteiger partial charge is 0.255 e. The van der Waals surface area contributed by atoms with Crippen LogP contribution < -0.4 is 16.6 Å². The van der Waals surface area contributed by atoms with Gasteiger partial charge in [-0.3, -0.25) is 15.6 Å². The Kier molecular flexibility index (Phi) is 4.09. The number of anilines is 1. The number of nitrogens with zero attached hydrogens (tertiary/aromatic N) is 3. The van der Waals surface area contributed by atoms with E-state index in [-0.39, 0.29) is 5.91 Å². The van der Waals surface area contributed by atoms with Crippen LogP contribution >= 0.6 is 0 Å². The van der Waals surface area contributed by atoms with Gasteiger partial charge in [-0.25, -0.2) is 4.98 Å². The summed E-state index contributed by atoms with van der Waals surface area (Å²) in [4.78, 5) is 20.0. The maximum absolute atomic E-state index is 12.0. The number of carbonyl (C=O) groups is 1. The molecule has 7 heteroatoms. The minimum atomic E-state index is -0.208. The van der Waals surface area contributed by atoms with Crippen molar-refractivity contribution in [1.82, 2.24) is 19.9 Å². The highest BCUT2D eigenvalue weighted by atomic mass is 16.1. The number of aromatic nitrogens is 3. The van der Waals surface area contributed by atoms with Gasteiger partial charge in [0.2, 0.25) is 0 Å². The first-order valence-electron chi connectivity index (χ1n) is 5.88. The molecule has 2 aromatic heterocycles. The van der Waals surface area contributed by atoms with Gasteiger partial charge in [0.1, 0.15) is 0 Å². The lowest BCUT2D eigenvalue weighted by molar-refractivity contribution is 0.0952. The molecule has 19 heavy (non-hydrogen) atoms. The fourth-order valence-corrected chi connectivity index (χ4v) is 1.67. The number of hydrogen-bond donors (Lipinski definition) is 3. The normalized spacial score (nSPS) is 10.2. The molecule has 0 aliphatic heterocycles. The van der Waals surface area contributed by atoms with Gasteiger partial charge >= 0.3 is 0 Å². The lowest BCUT2D eigenvalue weighted by Gasteiger charge is -2.10. The Morgan fingerprint density at radius 3 is 3.05 bits per heavy atom. The van der Waals surface area contributed by atoms with Gasteiger partial charge in [-0.15, -0.1) is 0 Å². The molecule has 0 radical (unpaired) electrons. The van der Waals surface area contributed by atoms with Gasteiger partial charge in [0.25, 0.3) is 5.91 Å². The van der Waals surface area contributed by atoms with Crippen LogP contribution in [0.4, 0.5) is 5.69 Å². The van der Waals surface area contributed by atoms with Crippen LogP contribution in [0.2, 0.25) is 0 Å². The van der Waals surface area contributed by atoms with Gasteiger partial charge in [0.15, 0.2) is 0 Å². The Balaban J connectivity index is 1.96. The van der Waals surface area contributed by atoms with Crippen molar-refractivity contribution in [2.75, 3.05) is 12.0 Å². The monoisotopic (exact) mass is 260 g/mol. The second-order valence-electron chi connectivity index (χ2n) is 4.07. The third-order valence-corrected chi connectivity index (χ3v) is 2.66. The fourth-order valence-electron chi connectivity index (χ4n) is 1.67. The van der Waals surface area contributed by atoms with E-state index in [1.54, 1.807) is 18.6 Å². The first-order valence-corrected chi connectivity index (χ1v) is 5.88. The minimum absolute atomic E-state index is 0.208. The largest absolute Gasteiger partial charge is 0.350 e. The molecule has 0 atom stereocenters. The number of amides is 1. The molecular formula is C12H16N6O. The molecular weight excluding hydrogens is 244 g/mol. The van der Waals surface area contributed by atoms with Crippen molar-refractivity contribution in [2.45, 2.75) is 13.5 Å². The molecule has 100 valence electrons. The zero-order valence-corrected chi connectivity index (χ0v) is 10.6. The molecule has 0 spiro atoms. The predicted molar refractivity (Wildman–Crippen MR) is 71.3 cm³/mol. The lowest BCUT2D eigenvalue weighted by atomic mass is 10.2. The highest BCUT2D eigenvalue weighted by molar-refractivity contribution is 5.99. The third-order valence-electron chi connectivity index (χ3n) is 2.66. The maximum atomic E-state index is 12.0. The van der Waals surface area contributed by atoms with Crippen LogP contribution in [0, 0.1) is 6.92 Å². The van der Waals surface area contributed by atoms with E-state index in [2.05, 4.69) is 20.7 Å². The van der Waals surface area contributed by atoms with Crippen LogP contribution in [0.1, 0.15) is 16.1 Å². The molecule has 4 N–H and O–H groups in total. The summed E-state index contributed by atoms with van der Waals surface area (Å²) < 4.78 is 1.88. The van der Waals surface area contributed by atoms with E-state index in [0.29, 0.717) is 24.3 Å². The number of pyridine rings is 1. The highest BCUT2D eigenvalue weighted by Crippen LogP contribution is 2.13. The van der Waals surface area contributed by atoms with Gasteiger partial charge in [-0.05, 0) is 13.0 Å². The molecule has 0 saturated carbocycles. The van der Waals surface area contributed by atoms with Crippen molar-refractivity contribution in [3.8, 4) is 0 Å². The summed E-state index contributed by atoms with van der Waals surface area (Å²) >= 11 is 0. The van der Waals surface area contributed by atoms with E-state index >= 15 is 0 Å². The van der Waals surface area contributed by atoms with E-state index < -0.39 is 0 Å². The Morgan fingerprint density at radius 2 is 2.37 bits per heavy atom. The van der Waals surface area contributed by atoms with Crippen LogP contribution in [0.3, 0.4) is 0 Å². The van der Waals surface area contributed by atoms with E-state index in [0.717, 1.165) is 5.69 Å². The standard InChI is InChI=1S/C12H16N6O/c1-9-6-11(17-13)10(7-16-9)12(19)15-3-5-18-4-2-14-8-18/h2,4,6-8H,3,5,13H2,1H3,(H,15,19)(H,16,17). The molecule has 7 nitrogen and oxygen atoms in total. The molecule has 2 rings (SSSR count). The molecule has 2 aromatic rings. The Morgan fingerprint density at radius 1 is 1.53 bits per heavy atom. The molecule has 2 heterocycles. The predicted octanol–water partition coefficient (Wildman–Crippen LogP) is 0.302. The van der Waals surface area contributed by atoms with E-state index in [1.807, 2.05) is 17.7 Å². The number of hydrogen-bond acceptors (Lipinski definition) is 5. The second-order valence-corrected chi connectivity index (χ2v) is 4.07. The fraction of sp³-hybridized carbons (Fsp3) is 0.250. The van der Waals surface area contributed by atoms with Crippen molar-refractivity contribution in [3.63, 3.8) is 0 Å². The van der Waals surface area contributed by atoms with Crippen LogP contribution in [-0.2, 0) is 6.54 Å². The van der Waals surface area contributed by atoms with Crippen molar-refractivity contribution in [1.29, 1.82) is 0 Å². The maximum Gasteiger partial charge on any atom is 0.255 e. The van der Waals surface area contributed by atoms with Crippen molar-refractivity contribution >= 4 is 11.6 Å². The summed E-state index contributed by atoms with van der Waals surface area (Å²) in [5.74, 6) is 5.19. The summed E-state index contributed by atoms with van der Waals surface area (Å²) in [6, 6.07) is 1.73. The summed E-state index contributed by atoms with van der Waals surface area (Å²) in [7, 11) is 0. The summed E-state index contributed by atoms with van der Waals surface area (Å²) in [6.45, 7) is 3.01. The molecule has 0 bridgehead atoms. The molecule has 0 aromatic carbocycles. The number of imidazole rings is 1. The minimum Gasteiger partial charge on any atom is -0.350 e. The van der Waals surface area contributed by atoms with Crippen LogP contribution in [-0.4, -0.2) is 27.0 Å².